The van der Waals surface area contributed by atoms with Gasteiger partial charge in [-0.25, -0.2) is 9.67 Å². The molecule has 6 nitrogen and oxygen atoms in total. The maximum atomic E-state index is 13.2. The van der Waals surface area contributed by atoms with Crippen LogP contribution in [-0.4, -0.2) is 29.7 Å². The Morgan fingerprint density at radius 3 is 2.50 bits per heavy atom. The first-order valence-corrected chi connectivity index (χ1v) is 9.26. The lowest BCUT2D eigenvalue weighted by Crippen LogP contribution is -2.19. The fourth-order valence-corrected chi connectivity index (χ4v) is 3.16. The van der Waals surface area contributed by atoms with Crippen molar-refractivity contribution < 1.29 is 9.47 Å². The topological polar surface area (TPSA) is 68.6 Å². The Hall–Kier alpha value is -3.28. The summed E-state index contributed by atoms with van der Waals surface area (Å²) in [7, 11) is 3.19. The predicted molar refractivity (Wildman–Crippen MR) is 112 cm³/mol. The number of nitrogens with one attached hydrogen (secondary N) is 1. The van der Waals surface area contributed by atoms with E-state index in [1.54, 1.807) is 25.0 Å². The molecule has 0 bridgehead atoms. The number of hydrogen-bond donors (Lipinski definition) is 1. The molecule has 0 spiro atoms. The molecular weight excluding hydrogens is 354 g/mol. The number of para-hydroxylation sites is 1. The third-order valence-electron chi connectivity index (χ3n) is 4.52. The van der Waals surface area contributed by atoms with Gasteiger partial charge < -0.3 is 9.47 Å². The van der Waals surface area contributed by atoms with Crippen LogP contribution < -0.4 is 15.0 Å². The Morgan fingerprint density at radius 2 is 1.86 bits per heavy atom. The molecule has 0 aliphatic carbocycles. The van der Waals surface area contributed by atoms with E-state index in [4.69, 9.17) is 9.47 Å². The fraction of sp³-hybridized carbons (Fsp3) is 0.273. The van der Waals surface area contributed by atoms with Crippen molar-refractivity contribution in [2.45, 2.75) is 26.7 Å². The van der Waals surface area contributed by atoms with Gasteiger partial charge in [0.15, 0.2) is 0 Å². The number of rotatable bonds is 7. The van der Waals surface area contributed by atoms with Gasteiger partial charge >= 0.3 is 0 Å². The molecule has 0 atom stereocenters. The molecule has 0 saturated heterocycles. The summed E-state index contributed by atoms with van der Waals surface area (Å²) in [6.07, 6.45) is 1.68. The van der Waals surface area contributed by atoms with Crippen LogP contribution in [0.15, 0.2) is 58.3 Å². The molecule has 0 fully saturated rings. The summed E-state index contributed by atoms with van der Waals surface area (Å²) in [5.41, 5.74) is 3.46. The normalized spacial score (nSPS) is 11.5. The predicted octanol–water partition coefficient (Wildman–Crippen LogP) is 4.28. The largest absolute Gasteiger partial charge is 0.497 e. The summed E-state index contributed by atoms with van der Waals surface area (Å²) in [6.45, 7) is 3.93. The highest BCUT2D eigenvalue weighted by Gasteiger charge is 2.18. The number of aryl methyl sites for hydroxylation is 1. The van der Waals surface area contributed by atoms with Gasteiger partial charge in [0.05, 0.1) is 31.2 Å². The molecule has 0 amide bonds. The minimum absolute atomic E-state index is 0.108. The monoisotopic (exact) mass is 379 g/mol. The van der Waals surface area contributed by atoms with Gasteiger partial charge in [0, 0.05) is 11.8 Å². The molecule has 0 aliphatic heterocycles. The van der Waals surface area contributed by atoms with Crippen molar-refractivity contribution in [1.82, 2.24) is 9.78 Å². The van der Waals surface area contributed by atoms with Crippen LogP contribution in [0.4, 0.5) is 5.69 Å². The smallest absolute Gasteiger partial charge is 0.280 e. The van der Waals surface area contributed by atoms with Crippen molar-refractivity contribution >= 4 is 11.4 Å². The number of ether oxygens (including phenoxy) is 2. The van der Waals surface area contributed by atoms with Crippen LogP contribution in [0.5, 0.6) is 11.5 Å². The third kappa shape index (κ3) is 3.86. The first kappa shape index (κ1) is 19.5. The molecule has 6 heteroatoms. The van der Waals surface area contributed by atoms with Crippen molar-refractivity contribution in [3.63, 3.8) is 0 Å². The van der Waals surface area contributed by atoms with Crippen LogP contribution in [0.1, 0.15) is 31.5 Å². The SMILES string of the molecule is CCCc1[nH]n(-c2ccccc2)c(=O)c1C(C)=Nc1ccc(OC)cc1OC. The highest BCUT2D eigenvalue weighted by Crippen LogP contribution is 2.32. The second-order valence-electron chi connectivity index (χ2n) is 6.43. The zero-order valence-corrected chi connectivity index (χ0v) is 16.7. The summed E-state index contributed by atoms with van der Waals surface area (Å²) in [4.78, 5) is 17.8. The minimum atomic E-state index is -0.108. The van der Waals surface area contributed by atoms with Crippen LogP contribution in [0.2, 0.25) is 0 Å². The van der Waals surface area contributed by atoms with Crippen molar-refractivity contribution in [2.24, 2.45) is 4.99 Å². The van der Waals surface area contributed by atoms with Gasteiger partial charge in [0.25, 0.3) is 5.56 Å². The highest BCUT2D eigenvalue weighted by molar-refractivity contribution is 6.01. The summed E-state index contributed by atoms with van der Waals surface area (Å²) >= 11 is 0. The standard InChI is InChI=1S/C22H25N3O3/c1-5-9-19-21(22(26)25(24-19)16-10-7-6-8-11-16)15(2)23-18-13-12-17(27-3)14-20(18)28-4/h6-8,10-14,24H,5,9H2,1-4H3. The second-order valence-corrected chi connectivity index (χ2v) is 6.43. The van der Waals surface area contributed by atoms with Crippen LogP contribution in [-0.2, 0) is 6.42 Å². The van der Waals surface area contributed by atoms with E-state index in [9.17, 15) is 4.79 Å². The van der Waals surface area contributed by atoms with Gasteiger partial charge in [-0.15, -0.1) is 0 Å². The Balaban J connectivity index is 2.11. The Bertz CT molecular complexity index is 1030. The number of aromatic nitrogens is 2. The van der Waals surface area contributed by atoms with E-state index < -0.39 is 0 Å². The Kier molecular flexibility index (Phi) is 5.99. The van der Waals surface area contributed by atoms with E-state index in [1.807, 2.05) is 49.4 Å². The van der Waals surface area contributed by atoms with Crippen LogP contribution in [0.3, 0.4) is 0 Å². The number of methoxy groups -OCH3 is 2. The number of aliphatic imine (C=N–C) groups is 1. The van der Waals surface area contributed by atoms with E-state index >= 15 is 0 Å². The molecule has 3 aromatic rings. The van der Waals surface area contributed by atoms with Crippen LogP contribution >= 0.6 is 0 Å². The summed E-state index contributed by atoms with van der Waals surface area (Å²) < 4.78 is 12.2. The average Bonchev–Trinajstić information content (AvgIpc) is 3.05. The van der Waals surface area contributed by atoms with Gasteiger partial charge in [0.2, 0.25) is 0 Å². The lowest BCUT2D eigenvalue weighted by molar-refractivity contribution is 0.395. The summed E-state index contributed by atoms with van der Waals surface area (Å²) in [6, 6.07) is 15.0. The lowest BCUT2D eigenvalue weighted by Gasteiger charge is -2.08. The third-order valence-corrected chi connectivity index (χ3v) is 4.52. The number of hydrogen-bond acceptors (Lipinski definition) is 4. The molecule has 3 rings (SSSR count). The first-order chi connectivity index (χ1) is 13.6. The van der Waals surface area contributed by atoms with Gasteiger partial charge in [-0.3, -0.25) is 9.89 Å². The molecule has 0 saturated carbocycles. The molecule has 0 radical (unpaired) electrons. The van der Waals surface area contributed by atoms with Crippen LogP contribution in [0, 0.1) is 0 Å². The molecule has 1 heterocycles. The lowest BCUT2D eigenvalue weighted by atomic mass is 10.1. The highest BCUT2D eigenvalue weighted by atomic mass is 16.5. The zero-order chi connectivity index (χ0) is 20.1. The minimum Gasteiger partial charge on any atom is -0.497 e. The van der Waals surface area contributed by atoms with Crippen molar-refractivity contribution in [3.8, 4) is 17.2 Å². The van der Waals surface area contributed by atoms with E-state index in [2.05, 4.69) is 17.0 Å². The molecule has 146 valence electrons. The molecule has 1 aromatic heterocycles. The van der Waals surface area contributed by atoms with E-state index in [0.29, 0.717) is 28.5 Å². The Morgan fingerprint density at radius 1 is 1.11 bits per heavy atom. The van der Waals surface area contributed by atoms with E-state index in [0.717, 1.165) is 24.2 Å². The van der Waals surface area contributed by atoms with Crippen molar-refractivity contribution in [1.29, 1.82) is 0 Å². The van der Waals surface area contributed by atoms with E-state index in [1.165, 1.54) is 0 Å². The van der Waals surface area contributed by atoms with Gasteiger partial charge in [-0.2, -0.15) is 0 Å². The van der Waals surface area contributed by atoms with Crippen molar-refractivity contribution in [3.05, 3.63) is 70.1 Å². The molecular formula is C22H25N3O3. The number of H-pyrrole nitrogens is 1. The number of benzene rings is 2. The van der Waals surface area contributed by atoms with Gasteiger partial charge in [0.1, 0.15) is 17.2 Å². The van der Waals surface area contributed by atoms with E-state index in [-0.39, 0.29) is 5.56 Å². The maximum absolute atomic E-state index is 13.2. The number of nitrogens with zero attached hydrogens (tertiary/aromatic N) is 2. The maximum Gasteiger partial charge on any atom is 0.280 e. The second kappa shape index (κ2) is 8.61. The quantitative estimate of drug-likeness (QED) is 0.623. The molecule has 0 unspecified atom stereocenters. The molecule has 0 aliphatic rings. The van der Waals surface area contributed by atoms with Crippen LogP contribution in [0.25, 0.3) is 5.69 Å². The Labute approximate surface area is 164 Å². The first-order valence-electron chi connectivity index (χ1n) is 9.26. The molecule has 1 N–H and O–H groups in total. The molecule has 28 heavy (non-hydrogen) atoms. The average molecular weight is 379 g/mol. The summed E-state index contributed by atoms with van der Waals surface area (Å²) in [5, 5.41) is 3.25. The fourth-order valence-electron chi connectivity index (χ4n) is 3.16. The molecule has 2 aromatic carbocycles. The van der Waals surface area contributed by atoms with Crippen molar-refractivity contribution in [2.75, 3.05) is 14.2 Å². The zero-order valence-electron chi connectivity index (χ0n) is 16.7. The summed E-state index contributed by atoms with van der Waals surface area (Å²) in [5.74, 6) is 1.28. The number of aromatic amines is 1. The van der Waals surface area contributed by atoms with Gasteiger partial charge in [-0.1, -0.05) is 31.5 Å². The van der Waals surface area contributed by atoms with Gasteiger partial charge in [-0.05, 0) is 37.6 Å².